The third kappa shape index (κ3) is 5.22. The molecule has 0 N–H and O–H groups in total. The highest BCUT2D eigenvalue weighted by Crippen LogP contribution is 2.25. The van der Waals surface area contributed by atoms with Crippen molar-refractivity contribution in [3.63, 3.8) is 0 Å². The van der Waals surface area contributed by atoms with Crippen LogP contribution >= 0.6 is 0 Å². The SMILES string of the molecule is Cc1cc(Oc2ccc(OCc3nc(C(C)(C)C)no3)cc2)nc(-c2cccnc2)n1. The molecule has 8 heteroatoms. The Balaban J connectivity index is 1.41. The van der Waals surface area contributed by atoms with Crippen molar-refractivity contribution in [1.82, 2.24) is 25.1 Å². The van der Waals surface area contributed by atoms with E-state index in [2.05, 4.69) is 25.1 Å². The lowest BCUT2D eigenvalue weighted by molar-refractivity contribution is 0.241. The lowest BCUT2D eigenvalue weighted by Crippen LogP contribution is -2.13. The fraction of sp³-hybridized carbons (Fsp3) is 0.261. The van der Waals surface area contributed by atoms with E-state index in [0.29, 0.717) is 34.9 Å². The van der Waals surface area contributed by atoms with Gasteiger partial charge in [0.05, 0.1) is 0 Å². The van der Waals surface area contributed by atoms with Gasteiger partial charge in [-0.2, -0.15) is 9.97 Å². The Morgan fingerprint density at radius 1 is 0.968 bits per heavy atom. The Hall–Kier alpha value is -3.81. The number of nitrogens with zero attached hydrogens (tertiary/aromatic N) is 5. The summed E-state index contributed by atoms with van der Waals surface area (Å²) in [4.78, 5) is 17.4. The van der Waals surface area contributed by atoms with Gasteiger partial charge in [0.2, 0.25) is 5.88 Å². The molecule has 0 unspecified atom stereocenters. The maximum atomic E-state index is 5.91. The van der Waals surface area contributed by atoms with Crippen LogP contribution in [0.25, 0.3) is 11.4 Å². The molecule has 0 aliphatic carbocycles. The Morgan fingerprint density at radius 2 is 1.74 bits per heavy atom. The van der Waals surface area contributed by atoms with E-state index in [1.54, 1.807) is 18.5 Å². The summed E-state index contributed by atoms with van der Waals surface area (Å²) in [5.74, 6) is 3.41. The molecule has 31 heavy (non-hydrogen) atoms. The van der Waals surface area contributed by atoms with E-state index in [0.717, 1.165) is 11.3 Å². The Morgan fingerprint density at radius 3 is 2.42 bits per heavy atom. The number of aryl methyl sites for hydroxylation is 1. The highest BCUT2D eigenvalue weighted by atomic mass is 16.5. The normalized spacial score (nSPS) is 11.4. The van der Waals surface area contributed by atoms with Crippen molar-refractivity contribution in [3.8, 4) is 28.8 Å². The van der Waals surface area contributed by atoms with Gasteiger partial charge < -0.3 is 14.0 Å². The molecule has 0 atom stereocenters. The van der Waals surface area contributed by atoms with Gasteiger partial charge in [0, 0.05) is 35.1 Å². The van der Waals surface area contributed by atoms with Gasteiger partial charge in [0.1, 0.15) is 11.5 Å². The smallest absolute Gasteiger partial charge is 0.264 e. The van der Waals surface area contributed by atoms with Gasteiger partial charge in [0.15, 0.2) is 18.3 Å². The standard InChI is InChI=1S/C23H23N5O3/c1-15-12-19(26-21(25-15)16-6-5-11-24-13-16)30-18-9-7-17(8-10-18)29-14-20-27-22(28-31-20)23(2,3)4/h5-13H,14H2,1-4H3. The Kier molecular flexibility index (Phi) is 5.62. The fourth-order valence-electron chi connectivity index (χ4n) is 2.70. The van der Waals surface area contributed by atoms with Crippen LogP contribution in [0.4, 0.5) is 0 Å². The van der Waals surface area contributed by atoms with Gasteiger partial charge in [-0.15, -0.1) is 0 Å². The summed E-state index contributed by atoms with van der Waals surface area (Å²) in [5.41, 5.74) is 1.46. The van der Waals surface area contributed by atoms with Crippen LogP contribution in [0, 0.1) is 6.92 Å². The zero-order valence-corrected chi connectivity index (χ0v) is 17.9. The molecule has 3 heterocycles. The van der Waals surface area contributed by atoms with Crippen LogP contribution in [0.3, 0.4) is 0 Å². The molecule has 8 nitrogen and oxygen atoms in total. The van der Waals surface area contributed by atoms with E-state index in [4.69, 9.17) is 14.0 Å². The van der Waals surface area contributed by atoms with Crippen molar-refractivity contribution < 1.29 is 14.0 Å². The van der Waals surface area contributed by atoms with Gasteiger partial charge in [0.25, 0.3) is 5.89 Å². The van der Waals surface area contributed by atoms with Gasteiger partial charge in [-0.1, -0.05) is 25.9 Å². The Labute approximate surface area is 180 Å². The maximum absolute atomic E-state index is 5.91. The molecule has 1 aromatic carbocycles. The number of benzene rings is 1. The zero-order valence-electron chi connectivity index (χ0n) is 17.9. The molecular weight excluding hydrogens is 394 g/mol. The van der Waals surface area contributed by atoms with Gasteiger partial charge in [-0.25, -0.2) is 4.98 Å². The van der Waals surface area contributed by atoms with Crippen LogP contribution in [0.5, 0.6) is 17.4 Å². The lowest BCUT2D eigenvalue weighted by atomic mass is 9.96. The molecule has 0 saturated heterocycles. The third-order valence-corrected chi connectivity index (χ3v) is 4.30. The first-order chi connectivity index (χ1) is 14.9. The molecule has 0 spiro atoms. The average Bonchev–Trinajstić information content (AvgIpc) is 3.23. The quantitative estimate of drug-likeness (QED) is 0.437. The first-order valence-corrected chi connectivity index (χ1v) is 9.87. The van der Waals surface area contributed by atoms with E-state index in [1.165, 1.54) is 0 Å². The van der Waals surface area contributed by atoms with Crippen molar-refractivity contribution in [1.29, 1.82) is 0 Å². The molecule has 0 amide bonds. The number of hydrogen-bond donors (Lipinski definition) is 0. The zero-order chi connectivity index (χ0) is 21.8. The van der Waals surface area contributed by atoms with Crippen LogP contribution in [-0.4, -0.2) is 25.1 Å². The summed E-state index contributed by atoms with van der Waals surface area (Å²) in [5, 5.41) is 3.99. The second-order valence-corrected chi connectivity index (χ2v) is 8.04. The molecule has 0 fully saturated rings. The molecule has 0 bridgehead atoms. The van der Waals surface area contributed by atoms with Crippen LogP contribution in [0.1, 0.15) is 38.2 Å². The minimum Gasteiger partial charge on any atom is -0.484 e. The number of aromatic nitrogens is 5. The van der Waals surface area contributed by atoms with E-state index in [-0.39, 0.29) is 12.0 Å². The summed E-state index contributed by atoms with van der Waals surface area (Å²) < 4.78 is 16.9. The topological polar surface area (TPSA) is 96.1 Å². The molecule has 0 aliphatic heterocycles. The molecule has 4 aromatic rings. The minimum absolute atomic E-state index is 0.170. The Bertz CT molecular complexity index is 1150. The molecule has 0 radical (unpaired) electrons. The first-order valence-electron chi connectivity index (χ1n) is 9.87. The molecule has 158 valence electrons. The molecule has 4 rings (SSSR count). The van der Waals surface area contributed by atoms with Crippen LogP contribution in [0.15, 0.2) is 59.4 Å². The van der Waals surface area contributed by atoms with E-state index in [9.17, 15) is 0 Å². The van der Waals surface area contributed by atoms with E-state index >= 15 is 0 Å². The summed E-state index contributed by atoms with van der Waals surface area (Å²) in [7, 11) is 0. The van der Waals surface area contributed by atoms with Crippen LogP contribution < -0.4 is 9.47 Å². The van der Waals surface area contributed by atoms with Gasteiger partial charge in [-0.3, -0.25) is 4.98 Å². The number of ether oxygens (including phenoxy) is 2. The molecule has 0 aliphatic rings. The molecule has 0 saturated carbocycles. The fourth-order valence-corrected chi connectivity index (χ4v) is 2.70. The van der Waals surface area contributed by atoms with Crippen molar-refractivity contribution in [2.75, 3.05) is 0 Å². The third-order valence-electron chi connectivity index (χ3n) is 4.30. The number of pyridine rings is 1. The van der Waals surface area contributed by atoms with Crippen molar-refractivity contribution in [2.45, 2.75) is 39.7 Å². The van der Waals surface area contributed by atoms with Crippen molar-refractivity contribution in [2.24, 2.45) is 0 Å². The van der Waals surface area contributed by atoms with Crippen molar-refractivity contribution >= 4 is 0 Å². The number of rotatable bonds is 6. The summed E-state index contributed by atoms with van der Waals surface area (Å²) in [6.07, 6.45) is 3.43. The lowest BCUT2D eigenvalue weighted by Gasteiger charge is -2.11. The van der Waals surface area contributed by atoms with E-state index < -0.39 is 0 Å². The van der Waals surface area contributed by atoms with Crippen molar-refractivity contribution in [3.05, 3.63) is 72.3 Å². The van der Waals surface area contributed by atoms with Gasteiger partial charge in [-0.05, 0) is 43.3 Å². The second kappa shape index (κ2) is 8.51. The van der Waals surface area contributed by atoms with E-state index in [1.807, 2.05) is 64.1 Å². The first kappa shape index (κ1) is 20.5. The maximum Gasteiger partial charge on any atom is 0.264 e. The van der Waals surface area contributed by atoms with Crippen LogP contribution in [0.2, 0.25) is 0 Å². The molecule has 3 aromatic heterocycles. The summed E-state index contributed by atoms with van der Waals surface area (Å²) in [6.45, 7) is 8.18. The average molecular weight is 417 g/mol. The highest BCUT2D eigenvalue weighted by molar-refractivity contribution is 5.54. The molecular formula is C23H23N5O3. The second-order valence-electron chi connectivity index (χ2n) is 8.04. The summed E-state index contributed by atoms with van der Waals surface area (Å²) >= 11 is 0. The predicted molar refractivity (Wildman–Crippen MR) is 114 cm³/mol. The van der Waals surface area contributed by atoms with Gasteiger partial charge >= 0.3 is 0 Å². The largest absolute Gasteiger partial charge is 0.484 e. The predicted octanol–water partition coefficient (Wildman–Crippen LogP) is 4.90. The highest BCUT2D eigenvalue weighted by Gasteiger charge is 2.21. The minimum atomic E-state index is -0.170. The monoisotopic (exact) mass is 417 g/mol. The number of hydrogen-bond acceptors (Lipinski definition) is 8. The van der Waals surface area contributed by atoms with Crippen LogP contribution in [-0.2, 0) is 12.0 Å². The summed E-state index contributed by atoms with van der Waals surface area (Å²) in [6, 6.07) is 12.8.